The molecular formula is C16H27NO3. The molecule has 0 bridgehead atoms. The molecule has 1 unspecified atom stereocenters. The minimum Gasteiger partial charge on any atom is -0.481 e. The summed E-state index contributed by atoms with van der Waals surface area (Å²) in [6.45, 7) is 3.80. The number of rotatable bonds is 6. The van der Waals surface area contributed by atoms with Gasteiger partial charge in [-0.3, -0.25) is 9.59 Å². The molecule has 2 rings (SSSR count). The maximum atomic E-state index is 12.8. The van der Waals surface area contributed by atoms with E-state index in [9.17, 15) is 9.59 Å². The highest BCUT2D eigenvalue weighted by atomic mass is 16.4. The van der Waals surface area contributed by atoms with E-state index in [4.69, 9.17) is 5.11 Å². The second-order valence-corrected chi connectivity index (χ2v) is 6.58. The Morgan fingerprint density at radius 1 is 1.30 bits per heavy atom. The molecule has 1 aliphatic carbocycles. The summed E-state index contributed by atoms with van der Waals surface area (Å²) in [5.74, 6) is 0.00285. The number of likely N-dealkylation sites (tertiary alicyclic amines) is 1. The van der Waals surface area contributed by atoms with E-state index in [1.54, 1.807) is 0 Å². The molecule has 0 radical (unpaired) electrons. The average Bonchev–Trinajstić information content (AvgIpc) is 2.40. The SMILES string of the molecule is CCCC1(C(=O)N2CCCC(CCC(=O)O)C2)CCC1. The van der Waals surface area contributed by atoms with Crippen LogP contribution in [0.1, 0.15) is 64.7 Å². The topological polar surface area (TPSA) is 57.6 Å². The van der Waals surface area contributed by atoms with Gasteiger partial charge in [-0.15, -0.1) is 0 Å². The van der Waals surface area contributed by atoms with Crippen LogP contribution in [0.5, 0.6) is 0 Å². The van der Waals surface area contributed by atoms with E-state index in [-0.39, 0.29) is 11.8 Å². The molecule has 0 aromatic rings. The molecular weight excluding hydrogens is 254 g/mol. The van der Waals surface area contributed by atoms with Crippen molar-refractivity contribution >= 4 is 11.9 Å². The van der Waals surface area contributed by atoms with Crippen LogP contribution in [0.4, 0.5) is 0 Å². The lowest BCUT2D eigenvalue weighted by atomic mass is 9.65. The number of aliphatic carboxylic acids is 1. The van der Waals surface area contributed by atoms with Crippen molar-refractivity contribution < 1.29 is 14.7 Å². The zero-order chi connectivity index (χ0) is 14.6. The van der Waals surface area contributed by atoms with Crippen LogP contribution >= 0.6 is 0 Å². The first kappa shape index (κ1) is 15.3. The molecule has 1 saturated heterocycles. The second-order valence-electron chi connectivity index (χ2n) is 6.58. The quantitative estimate of drug-likeness (QED) is 0.814. The number of carbonyl (C=O) groups is 2. The van der Waals surface area contributed by atoms with Crippen molar-refractivity contribution in [3.8, 4) is 0 Å². The summed E-state index contributed by atoms with van der Waals surface area (Å²) in [5.41, 5.74) is -0.0660. The van der Waals surface area contributed by atoms with Gasteiger partial charge in [-0.05, 0) is 44.4 Å². The fourth-order valence-electron chi connectivity index (χ4n) is 3.80. The van der Waals surface area contributed by atoms with Crippen LogP contribution < -0.4 is 0 Å². The highest BCUT2D eigenvalue weighted by Gasteiger charge is 2.45. The largest absolute Gasteiger partial charge is 0.481 e. The van der Waals surface area contributed by atoms with Crippen molar-refractivity contribution in [2.75, 3.05) is 13.1 Å². The van der Waals surface area contributed by atoms with Gasteiger partial charge in [0.1, 0.15) is 0 Å². The summed E-state index contributed by atoms with van der Waals surface area (Å²) in [5, 5.41) is 8.79. The third kappa shape index (κ3) is 3.33. The number of hydrogen-bond acceptors (Lipinski definition) is 2. The normalized spacial score (nSPS) is 25.1. The van der Waals surface area contributed by atoms with Gasteiger partial charge in [-0.1, -0.05) is 19.8 Å². The van der Waals surface area contributed by atoms with Gasteiger partial charge < -0.3 is 10.0 Å². The van der Waals surface area contributed by atoms with Crippen LogP contribution in [0.15, 0.2) is 0 Å². The Labute approximate surface area is 121 Å². The van der Waals surface area contributed by atoms with E-state index < -0.39 is 5.97 Å². The smallest absolute Gasteiger partial charge is 0.303 e. The predicted molar refractivity (Wildman–Crippen MR) is 77.4 cm³/mol. The van der Waals surface area contributed by atoms with Crippen molar-refractivity contribution in [2.45, 2.75) is 64.7 Å². The lowest BCUT2D eigenvalue weighted by Crippen LogP contribution is -2.51. The Morgan fingerprint density at radius 3 is 2.60 bits per heavy atom. The molecule has 20 heavy (non-hydrogen) atoms. The number of hydrogen-bond donors (Lipinski definition) is 1. The maximum Gasteiger partial charge on any atom is 0.303 e. The fraction of sp³-hybridized carbons (Fsp3) is 0.875. The molecule has 1 saturated carbocycles. The number of nitrogens with zero attached hydrogens (tertiary/aromatic N) is 1. The van der Waals surface area contributed by atoms with Crippen molar-refractivity contribution in [1.29, 1.82) is 0 Å². The van der Waals surface area contributed by atoms with Crippen LogP contribution in [0, 0.1) is 11.3 Å². The first-order valence-electron chi connectivity index (χ1n) is 8.08. The number of carbonyl (C=O) groups excluding carboxylic acids is 1. The number of amides is 1. The molecule has 4 heteroatoms. The van der Waals surface area contributed by atoms with E-state index >= 15 is 0 Å². The third-order valence-corrected chi connectivity index (χ3v) is 5.07. The van der Waals surface area contributed by atoms with Crippen molar-refractivity contribution in [3.05, 3.63) is 0 Å². The van der Waals surface area contributed by atoms with Gasteiger partial charge in [0.05, 0.1) is 0 Å². The van der Waals surface area contributed by atoms with Crippen molar-refractivity contribution in [2.24, 2.45) is 11.3 Å². The molecule has 1 atom stereocenters. The van der Waals surface area contributed by atoms with E-state index in [1.807, 2.05) is 4.90 Å². The first-order valence-corrected chi connectivity index (χ1v) is 8.08. The molecule has 1 N–H and O–H groups in total. The second kappa shape index (κ2) is 6.59. The molecule has 2 fully saturated rings. The van der Waals surface area contributed by atoms with Crippen LogP contribution in [0.2, 0.25) is 0 Å². The summed E-state index contributed by atoms with van der Waals surface area (Å²) in [6.07, 6.45) is 8.40. The van der Waals surface area contributed by atoms with Gasteiger partial charge >= 0.3 is 5.97 Å². The van der Waals surface area contributed by atoms with Gasteiger partial charge in [0.25, 0.3) is 0 Å². The minimum atomic E-state index is -0.727. The van der Waals surface area contributed by atoms with Crippen LogP contribution in [-0.4, -0.2) is 35.0 Å². The summed E-state index contributed by atoms with van der Waals surface area (Å²) in [7, 11) is 0. The van der Waals surface area contributed by atoms with Gasteiger partial charge in [0.2, 0.25) is 5.91 Å². The molecule has 0 aromatic heterocycles. The molecule has 1 heterocycles. The summed E-state index contributed by atoms with van der Waals surface area (Å²) in [6, 6.07) is 0. The minimum absolute atomic E-state index is 0.0660. The first-order chi connectivity index (χ1) is 9.57. The van der Waals surface area contributed by atoms with Gasteiger partial charge in [0.15, 0.2) is 0 Å². The number of carboxylic acids is 1. The van der Waals surface area contributed by atoms with Gasteiger partial charge in [-0.2, -0.15) is 0 Å². The Morgan fingerprint density at radius 2 is 2.05 bits per heavy atom. The van der Waals surface area contributed by atoms with E-state index in [0.717, 1.165) is 51.6 Å². The lowest BCUT2D eigenvalue weighted by Gasteiger charge is -2.45. The standard InChI is InChI=1S/C16H27NO3/c1-2-8-16(9-4-10-16)15(20)17-11-3-5-13(12-17)6-7-14(18)19/h13H,2-12H2,1H3,(H,18,19). The van der Waals surface area contributed by atoms with Crippen LogP contribution in [0.3, 0.4) is 0 Å². The molecule has 1 amide bonds. The van der Waals surface area contributed by atoms with E-state index in [2.05, 4.69) is 6.92 Å². The summed E-state index contributed by atoms with van der Waals surface area (Å²) < 4.78 is 0. The van der Waals surface area contributed by atoms with Crippen LogP contribution in [-0.2, 0) is 9.59 Å². The summed E-state index contributed by atoms with van der Waals surface area (Å²) in [4.78, 5) is 25.5. The molecule has 4 nitrogen and oxygen atoms in total. The zero-order valence-electron chi connectivity index (χ0n) is 12.6. The van der Waals surface area contributed by atoms with Crippen LogP contribution in [0.25, 0.3) is 0 Å². The maximum absolute atomic E-state index is 12.8. The number of carboxylic acid groups (broad SMARTS) is 1. The third-order valence-electron chi connectivity index (χ3n) is 5.07. The number of piperidine rings is 1. The van der Waals surface area contributed by atoms with Gasteiger partial charge in [-0.25, -0.2) is 0 Å². The Balaban J connectivity index is 1.91. The Hall–Kier alpha value is -1.06. The highest BCUT2D eigenvalue weighted by molar-refractivity contribution is 5.83. The highest BCUT2D eigenvalue weighted by Crippen LogP contribution is 2.46. The average molecular weight is 281 g/mol. The molecule has 1 aliphatic heterocycles. The van der Waals surface area contributed by atoms with Gasteiger partial charge in [0, 0.05) is 24.9 Å². The van der Waals surface area contributed by atoms with E-state index in [1.165, 1.54) is 6.42 Å². The Bertz CT molecular complexity index is 363. The molecule has 0 aromatic carbocycles. The fourth-order valence-corrected chi connectivity index (χ4v) is 3.80. The monoisotopic (exact) mass is 281 g/mol. The molecule has 114 valence electrons. The molecule has 0 spiro atoms. The zero-order valence-corrected chi connectivity index (χ0v) is 12.6. The Kier molecular flexibility index (Phi) is 5.06. The van der Waals surface area contributed by atoms with E-state index in [0.29, 0.717) is 18.2 Å². The summed E-state index contributed by atoms with van der Waals surface area (Å²) >= 11 is 0. The predicted octanol–water partition coefficient (Wildman–Crippen LogP) is 3.06. The lowest BCUT2D eigenvalue weighted by molar-refractivity contribution is -0.150. The van der Waals surface area contributed by atoms with Crippen molar-refractivity contribution in [3.63, 3.8) is 0 Å². The molecule has 2 aliphatic rings. The van der Waals surface area contributed by atoms with Crippen molar-refractivity contribution in [1.82, 2.24) is 4.90 Å².